The van der Waals surface area contributed by atoms with Crippen LogP contribution in [0.1, 0.15) is 11.1 Å². The Labute approximate surface area is 189 Å². The van der Waals surface area contributed by atoms with E-state index >= 15 is 0 Å². The minimum atomic E-state index is -0.474. The Kier molecular flexibility index (Phi) is 7.41. The molecule has 1 amide bonds. The smallest absolute Gasteiger partial charge is 0.269 e. The highest BCUT2D eigenvalue weighted by atomic mass is 35.5. The number of methoxy groups -OCH3 is 1. The summed E-state index contributed by atoms with van der Waals surface area (Å²) < 4.78 is 10.9. The minimum Gasteiger partial charge on any atom is -0.493 e. The molecular formula is C23H20ClN3O5. The number of carbonyl (C=O) groups is 1. The van der Waals surface area contributed by atoms with Crippen LogP contribution in [0.15, 0.2) is 65.7 Å². The SMILES string of the molecule is COc1cc(C=Nc2ccc([N+](=O)[O-])cc2)cc(Cl)c1OCC(=O)Nc1cccc(C)c1. The van der Waals surface area contributed by atoms with Crippen molar-refractivity contribution in [1.82, 2.24) is 0 Å². The second-order valence-electron chi connectivity index (χ2n) is 6.77. The molecule has 164 valence electrons. The molecule has 1 N–H and O–H groups in total. The van der Waals surface area contributed by atoms with Gasteiger partial charge >= 0.3 is 0 Å². The van der Waals surface area contributed by atoms with E-state index in [4.69, 9.17) is 21.1 Å². The molecule has 3 rings (SSSR count). The fourth-order valence-corrected chi connectivity index (χ4v) is 3.10. The molecule has 0 atom stereocenters. The van der Waals surface area contributed by atoms with Crippen molar-refractivity contribution in [3.63, 3.8) is 0 Å². The first-order chi connectivity index (χ1) is 15.4. The van der Waals surface area contributed by atoms with Crippen molar-refractivity contribution in [3.8, 4) is 11.5 Å². The van der Waals surface area contributed by atoms with Gasteiger partial charge in [-0.15, -0.1) is 0 Å². The summed E-state index contributed by atoms with van der Waals surface area (Å²) in [5.41, 5.74) is 2.86. The Morgan fingerprint density at radius 3 is 2.59 bits per heavy atom. The van der Waals surface area contributed by atoms with Crippen LogP contribution in [0.25, 0.3) is 0 Å². The Hall–Kier alpha value is -3.91. The Morgan fingerprint density at radius 1 is 1.19 bits per heavy atom. The number of nitrogens with one attached hydrogen (secondary N) is 1. The van der Waals surface area contributed by atoms with Gasteiger partial charge in [-0.2, -0.15) is 0 Å². The number of nitrogens with zero attached hydrogens (tertiary/aromatic N) is 2. The van der Waals surface area contributed by atoms with Crippen LogP contribution in [-0.4, -0.2) is 30.8 Å². The van der Waals surface area contributed by atoms with E-state index in [2.05, 4.69) is 10.3 Å². The van der Waals surface area contributed by atoms with E-state index in [0.717, 1.165) is 5.56 Å². The summed E-state index contributed by atoms with van der Waals surface area (Å²) in [5.74, 6) is 0.240. The molecule has 32 heavy (non-hydrogen) atoms. The number of ether oxygens (including phenoxy) is 2. The van der Waals surface area contributed by atoms with Gasteiger partial charge < -0.3 is 14.8 Å². The van der Waals surface area contributed by atoms with E-state index in [1.807, 2.05) is 25.1 Å². The second kappa shape index (κ2) is 10.4. The number of carbonyl (C=O) groups excluding carboxylic acids is 1. The van der Waals surface area contributed by atoms with Crippen LogP contribution in [-0.2, 0) is 4.79 Å². The van der Waals surface area contributed by atoms with Crippen LogP contribution in [0.3, 0.4) is 0 Å². The zero-order valence-electron chi connectivity index (χ0n) is 17.4. The van der Waals surface area contributed by atoms with Crippen LogP contribution >= 0.6 is 11.6 Å². The summed E-state index contributed by atoms with van der Waals surface area (Å²) in [5, 5.41) is 13.7. The van der Waals surface area contributed by atoms with Crippen molar-refractivity contribution >= 4 is 40.8 Å². The summed E-state index contributed by atoms with van der Waals surface area (Å²) >= 11 is 6.34. The number of nitro benzene ring substituents is 1. The average molecular weight is 454 g/mol. The topological polar surface area (TPSA) is 103 Å². The van der Waals surface area contributed by atoms with Gasteiger partial charge in [-0.25, -0.2) is 0 Å². The van der Waals surface area contributed by atoms with E-state index < -0.39 is 4.92 Å². The van der Waals surface area contributed by atoms with Gasteiger partial charge in [-0.3, -0.25) is 19.9 Å². The van der Waals surface area contributed by atoms with Gasteiger partial charge in [0.15, 0.2) is 18.1 Å². The summed E-state index contributed by atoms with van der Waals surface area (Å²) in [4.78, 5) is 26.8. The number of hydrogen-bond donors (Lipinski definition) is 1. The molecule has 0 bridgehead atoms. The summed E-state index contributed by atoms with van der Waals surface area (Å²) in [6.07, 6.45) is 1.55. The third kappa shape index (κ3) is 6.05. The fourth-order valence-electron chi connectivity index (χ4n) is 2.82. The lowest BCUT2D eigenvalue weighted by molar-refractivity contribution is -0.384. The van der Waals surface area contributed by atoms with Crippen LogP contribution in [0.2, 0.25) is 5.02 Å². The number of rotatable bonds is 8. The quantitative estimate of drug-likeness (QED) is 0.282. The molecule has 0 spiro atoms. The summed E-state index contributed by atoms with van der Waals surface area (Å²) in [6.45, 7) is 1.68. The molecule has 0 radical (unpaired) electrons. The molecule has 9 heteroatoms. The molecule has 0 saturated carbocycles. The minimum absolute atomic E-state index is 0.0124. The van der Waals surface area contributed by atoms with Crippen LogP contribution in [0.5, 0.6) is 11.5 Å². The molecule has 3 aromatic rings. The predicted octanol–water partition coefficient (Wildman–Crippen LogP) is 5.33. The lowest BCUT2D eigenvalue weighted by Crippen LogP contribution is -2.20. The van der Waals surface area contributed by atoms with E-state index in [1.54, 1.807) is 24.4 Å². The number of non-ortho nitro benzene ring substituents is 1. The van der Waals surface area contributed by atoms with Crippen molar-refractivity contribution in [3.05, 3.63) is 86.9 Å². The maximum atomic E-state index is 12.2. The largest absolute Gasteiger partial charge is 0.493 e. The van der Waals surface area contributed by atoms with Gasteiger partial charge in [0.25, 0.3) is 11.6 Å². The Bertz CT molecular complexity index is 1160. The second-order valence-corrected chi connectivity index (χ2v) is 7.18. The molecule has 0 fully saturated rings. The third-order valence-electron chi connectivity index (χ3n) is 4.32. The number of anilines is 1. The maximum Gasteiger partial charge on any atom is 0.269 e. The molecule has 0 saturated heterocycles. The van der Waals surface area contributed by atoms with Gasteiger partial charge in [0.2, 0.25) is 0 Å². The van der Waals surface area contributed by atoms with Crippen molar-refractivity contribution in [1.29, 1.82) is 0 Å². The number of halogens is 1. The van der Waals surface area contributed by atoms with E-state index in [1.165, 1.54) is 31.4 Å². The molecular weight excluding hydrogens is 434 g/mol. The van der Waals surface area contributed by atoms with Crippen molar-refractivity contribution in [2.24, 2.45) is 4.99 Å². The zero-order valence-corrected chi connectivity index (χ0v) is 18.1. The molecule has 0 unspecified atom stereocenters. The molecule has 8 nitrogen and oxygen atoms in total. The van der Waals surface area contributed by atoms with Gasteiger partial charge in [-0.05, 0) is 54.4 Å². The number of nitro groups is 1. The lowest BCUT2D eigenvalue weighted by atomic mass is 10.2. The first-order valence-electron chi connectivity index (χ1n) is 9.51. The van der Waals surface area contributed by atoms with Crippen molar-refractivity contribution < 1.29 is 19.2 Å². The summed E-state index contributed by atoms with van der Waals surface area (Å²) in [7, 11) is 1.46. The molecule has 0 aliphatic heterocycles. The Morgan fingerprint density at radius 2 is 1.94 bits per heavy atom. The fraction of sp³-hybridized carbons (Fsp3) is 0.130. The lowest BCUT2D eigenvalue weighted by Gasteiger charge is -2.13. The molecule has 0 aliphatic rings. The van der Waals surface area contributed by atoms with Crippen molar-refractivity contribution in [2.45, 2.75) is 6.92 Å². The Balaban J connectivity index is 1.69. The maximum absolute atomic E-state index is 12.2. The van der Waals surface area contributed by atoms with E-state index in [-0.39, 0.29) is 29.0 Å². The normalized spacial score (nSPS) is 10.7. The van der Waals surface area contributed by atoms with Gasteiger partial charge in [-0.1, -0.05) is 23.7 Å². The van der Waals surface area contributed by atoms with Crippen LogP contribution < -0.4 is 14.8 Å². The predicted molar refractivity (Wildman–Crippen MR) is 124 cm³/mol. The number of benzene rings is 3. The van der Waals surface area contributed by atoms with Crippen LogP contribution in [0, 0.1) is 17.0 Å². The average Bonchev–Trinajstić information content (AvgIpc) is 2.76. The first kappa shape index (κ1) is 22.8. The highest BCUT2D eigenvalue weighted by Crippen LogP contribution is 2.36. The molecule has 0 aromatic heterocycles. The number of aliphatic imine (C=N–C) groups is 1. The van der Waals surface area contributed by atoms with Gasteiger partial charge in [0.1, 0.15) is 0 Å². The highest BCUT2D eigenvalue weighted by molar-refractivity contribution is 6.32. The number of aryl methyl sites for hydroxylation is 1. The highest BCUT2D eigenvalue weighted by Gasteiger charge is 2.14. The van der Waals surface area contributed by atoms with E-state index in [9.17, 15) is 14.9 Å². The standard InChI is InChI=1S/C23H20ClN3O5/c1-15-4-3-5-18(10-15)26-22(28)14-32-23-20(24)11-16(12-21(23)31-2)13-25-17-6-8-19(9-7-17)27(29)30/h3-13H,14H2,1-2H3,(H,26,28). The molecule has 0 heterocycles. The van der Waals surface area contributed by atoms with Crippen molar-refractivity contribution in [2.75, 3.05) is 19.0 Å². The van der Waals surface area contributed by atoms with Gasteiger partial charge in [0.05, 0.1) is 22.7 Å². The third-order valence-corrected chi connectivity index (χ3v) is 4.61. The number of amides is 1. The van der Waals surface area contributed by atoms with E-state index in [0.29, 0.717) is 22.7 Å². The number of hydrogen-bond acceptors (Lipinski definition) is 6. The monoisotopic (exact) mass is 453 g/mol. The molecule has 3 aromatic carbocycles. The first-order valence-corrected chi connectivity index (χ1v) is 9.89. The summed E-state index contributed by atoms with van der Waals surface area (Å²) in [6, 6.07) is 16.5. The van der Waals surface area contributed by atoms with Crippen LogP contribution in [0.4, 0.5) is 17.1 Å². The molecule has 0 aliphatic carbocycles. The zero-order chi connectivity index (χ0) is 23.1. The van der Waals surface area contributed by atoms with Gasteiger partial charge in [0, 0.05) is 24.0 Å².